The third-order valence-corrected chi connectivity index (χ3v) is 5.92. The van der Waals surface area contributed by atoms with E-state index in [1.54, 1.807) is 11.7 Å². The number of rotatable bonds is 8. The Morgan fingerprint density at radius 3 is 3.00 bits per heavy atom. The maximum Gasteiger partial charge on any atom is 0.345 e. The van der Waals surface area contributed by atoms with Crippen LogP contribution in [0.3, 0.4) is 0 Å². The van der Waals surface area contributed by atoms with Gasteiger partial charge in [-0.25, -0.2) is 9.48 Å². The molecular weight excluding hydrogens is 408 g/mol. The van der Waals surface area contributed by atoms with Gasteiger partial charge in [0.05, 0.1) is 6.61 Å². The molecule has 2 aliphatic rings. The number of nitrogens with one attached hydrogen (secondary N) is 2. The van der Waals surface area contributed by atoms with Crippen molar-refractivity contribution in [2.24, 2.45) is 4.99 Å². The van der Waals surface area contributed by atoms with Gasteiger partial charge in [-0.3, -0.25) is 9.56 Å². The van der Waals surface area contributed by atoms with Crippen LogP contribution in [0.25, 0.3) is 0 Å². The molecule has 0 aliphatic carbocycles. The quantitative estimate of drug-likeness (QED) is 0.368. The molecule has 2 aromatic rings. The first-order chi connectivity index (χ1) is 15.6. The molecule has 0 fully saturated rings. The number of aryl methyl sites for hydroxylation is 2. The van der Waals surface area contributed by atoms with Crippen LogP contribution < -0.4 is 25.8 Å². The fourth-order valence-corrected chi connectivity index (χ4v) is 4.34. The molecule has 9 nitrogen and oxygen atoms in total. The molecule has 2 aliphatic heterocycles. The predicted molar refractivity (Wildman–Crippen MR) is 124 cm³/mol. The Hall–Kier alpha value is -2.97. The molecule has 4 rings (SSSR count). The number of benzene rings is 1. The van der Waals surface area contributed by atoms with Gasteiger partial charge in [0, 0.05) is 57.2 Å². The van der Waals surface area contributed by atoms with Crippen LogP contribution >= 0.6 is 0 Å². The predicted octanol–water partition coefficient (Wildman–Crippen LogP) is 1.86. The molecule has 9 heteroatoms. The Bertz CT molecular complexity index is 1030. The minimum atomic E-state index is 0.0128. The first-order valence-electron chi connectivity index (χ1n) is 11.6. The summed E-state index contributed by atoms with van der Waals surface area (Å²) in [7, 11) is 1.75. The van der Waals surface area contributed by atoms with Crippen molar-refractivity contribution in [2.75, 3.05) is 20.2 Å². The lowest BCUT2D eigenvalue weighted by molar-refractivity contribution is 0.254. The minimum absolute atomic E-state index is 0.0128. The first kappa shape index (κ1) is 22.2. The van der Waals surface area contributed by atoms with Gasteiger partial charge in [0.15, 0.2) is 5.96 Å². The number of fused-ring (bicyclic) bond motifs is 2. The molecule has 1 aromatic carbocycles. The average Bonchev–Trinajstić information content (AvgIpc) is 3.31. The van der Waals surface area contributed by atoms with E-state index < -0.39 is 0 Å². The summed E-state index contributed by atoms with van der Waals surface area (Å²) in [5.74, 6) is 3.45. The number of hydrogen-bond acceptors (Lipinski definition) is 5. The third-order valence-electron chi connectivity index (χ3n) is 5.92. The normalized spacial score (nSPS) is 17.5. The van der Waals surface area contributed by atoms with Gasteiger partial charge >= 0.3 is 5.69 Å². The van der Waals surface area contributed by atoms with Crippen molar-refractivity contribution in [1.29, 1.82) is 0 Å². The Morgan fingerprint density at radius 1 is 1.34 bits per heavy atom. The lowest BCUT2D eigenvalue weighted by Crippen LogP contribution is -2.38. The van der Waals surface area contributed by atoms with E-state index in [-0.39, 0.29) is 11.8 Å². The third kappa shape index (κ3) is 4.92. The molecule has 2 N–H and O–H groups in total. The molecule has 0 saturated carbocycles. The molecule has 0 bridgehead atoms. The Morgan fingerprint density at radius 2 is 2.22 bits per heavy atom. The van der Waals surface area contributed by atoms with Crippen molar-refractivity contribution in [2.45, 2.75) is 71.7 Å². The number of ether oxygens (including phenoxy) is 2. The molecule has 1 atom stereocenters. The van der Waals surface area contributed by atoms with Gasteiger partial charge in [-0.15, -0.1) is 0 Å². The van der Waals surface area contributed by atoms with E-state index in [2.05, 4.69) is 39.8 Å². The van der Waals surface area contributed by atoms with Gasteiger partial charge in [-0.1, -0.05) is 0 Å². The van der Waals surface area contributed by atoms with E-state index in [9.17, 15) is 4.79 Å². The molecule has 1 aromatic heterocycles. The molecule has 0 spiro atoms. The Kier molecular flexibility index (Phi) is 7.02. The topological polar surface area (TPSA) is 94.7 Å². The molecule has 1 unspecified atom stereocenters. The molecular formula is C23H34N6O3. The Labute approximate surface area is 188 Å². The van der Waals surface area contributed by atoms with E-state index in [4.69, 9.17) is 9.47 Å². The second-order valence-corrected chi connectivity index (χ2v) is 8.37. The van der Waals surface area contributed by atoms with Crippen molar-refractivity contribution in [1.82, 2.24) is 25.0 Å². The van der Waals surface area contributed by atoms with E-state index in [1.807, 2.05) is 11.5 Å². The fraction of sp³-hybridized carbons (Fsp3) is 0.609. The summed E-state index contributed by atoms with van der Waals surface area (Å²) in [6, 6.07) is 4.16. The highest BCUT2D eigenvalue weighted by atomic mass is 16.5. The summed E-state index contributed by atoms with van der Waals surface area (Å²) in [6.07, 6.45) is 4.96. The molecule has 0 saturated heterocycles. The van der Waals surface area contributed by atoms with Crippen LogP contribution in [0.4, 0.5) is 0 Å². The van der Waals surface area contributed by atoms with Gasteiger partial charge in [0.1, 0.15) is 23.4 Å². The molecule has 0 amide bonds. The standard InChI is InChI=1S/C23H34N6O3/c1-4-31-19-13-17-12-16(2)32-20(17)14-18(19)15-26-22(24-3)25-9-7-11-29-23(30)28-10-6-5-8-21(28)27-29/h13-14,16H,4-12,15H2,1-3H3,(H2,24,25,26). The second-order valence-electron chi connectivity index (χ2n) is 8.37. The second kappa shape index (κ2) is 10.1. The summed E-state index contributed by atoms with van der Waals surface area (Å²) in [4.78, 5) is 16.7. The van der Waals surface area contributed by atoms with Crippen LogP contribution in [0.1, 0.15) is 50.1 Å². The zero-order chi connectivity index (χ0) is 22.5. The van der Waals surface area contributed by atoms with Crippen LogP contribution in [-0.4, -0.2) is 46.6 Å². The van der Waals surface area contributed by atoms with Gasteiger partial charge in [-0.05, 0) is 45.2 Å². The lowest BCUT2D eigenvalue weighted by atomic mass is 10.1. The van der Waals surface area contributed by atoms with Crippen LogP contribution in [0.5, 0.6) is 11.5 Å². The molecule has 0 radical (unpaired) electrons. The smallest absolute Gasteiger partial charge is 0.345 e. The summed E-state index contributed by atoms with van der Waals surface area (Å²) >= 11 is 0. The van der Waals surface area contributed by atoms with Gasteiger partial charge in [0.25, 0.3) is 0 Å². The molecule has 174 valence electrons. The van der Waals surface area contributed by atoms with Gasteiger partial charge in [0.2, 0.25) is 0 Å². The summed E-state index contributed by atoms with van der Waals surface area (Å²) < 4.78 is 15.2. The van der Waals surface area contributed by atoms with Crippen LogP contribution in [0, 0.1) is 0 Å². The summed E-state index contributed by atoms with van der Waals surface area (Å²) in [5.41, 5.74) is 2.25. The van der Waals surface area contributed by atoms with E-state index >= 15 is 0 Å². The van der Waals surface area contributed by atoms with Gasteiger partial charge in [-0.2, -0.15) is 5.10 Å². The van der Waals surface area contributed by atoms with Crippen LogP contribution in [0.2, 0.25) is 0 Å². The maximum absolute atomic E-state index is 12.4. The number of hydrogen-bond donors (Lipinski definition) is 2. The van der Waals surface area contributed by atoms with Crippen molar-refractivity contribution in [3.63, 3.8) is 0 Å². The lowest BCUT2D eigenvalue weighted by Gasteiger charge is -2.15. The van der Waals surface area contributed by atoms with Crippen molar-refractivity contribution in [3.05, 3.63) is 39.6 Å². The van der Waals surface area contributed by atoms with Crippen molar-refractivity contribution in [3.8, 4) is 11.5 Å². The SMILES string of the molecule is CCOc1cc2c(cc1CNC(=NC)NCCCn1nc3n(c1=O)CCCC3)OC(C)C2. The highest BCUT2D eigenvalue weighted by Gasteiger charge is 2.22. The number of nitrogens with zero attached hydrogens (tertiary/aromatic N) is 4. The van der Waals surface area contributed by atoms with E-state index in [1.165, 1.54) is 5.56 Å². The monoisotopic (exact) mass is 442 g/mol. The van der Waals surface area contributed by atoms with E-state index in [0.29, 0.717) is 32.2 Å². The Balaban J connectivity index is 1.29. The average molecular weight is 443 g/mol. The van der Waals surface area contributed by atoms with Crippen molar-refractivity contribution < 1.29 is 9.47 Å². The summed E-state index contributed by atoms with van der Waals surface area (Å²) in [5, 5.41) is 11.2. The minimum Gasteiger partial charge on any atom is -0.494 e. The zero-order valence-electron chi connectivity index (χ0n) is 19.3. The molecule has 3 heterocycles. The first-order valence-corrected chi connectivity index (χ1v) is 11.6. The van der Waals surface area contributed by atoms with E-state index in [0.717, 1.165) is 61.5 Å². The summed E-state index contributed by atoms with van der Waals surface area (Å²) in [6.45, 7) is 7.34. The van der Waals surface area contributed by atoms with Gasteiger partial charge < -0.3 is 20.1 Å². The fourth-order valence-electron chi connectivity index (χ4n) is 4.34. The molecule has 32 heavy (non-hydrogen) atoms. The van der Waals surface area contributed by atoms with Crippen molar-refractivity contribution >= 4 is 5.96 Å². The maximum atomic E-state index is 12.4. The zero-order valence-corrected chi connectivity index (χ0v) is 19.3. The largest absolute Gasteiger partial charge is 0.494 e. The number of guanidine groups is 1. The van der Waals surface area contributed by atoms with Crippen LogP contribution in [-0.2, 0) is 32.5 Å². The number of aliphatic imine (C=N–C) groups is 1. The highest BCUT2D eigenvalue weighted by molar-refractivity contribution is 5.79. The number of aromatic nitrogens is 3. The van der Waals surface area contributed by atoms with Crippen LogP contribution in [0.15, 0.2) is 21.9 Å². The highest BCUT2D eigenvalue weighted by Crippen LogP contribution is 2.35.